The van der Waals surface area contributed by atoms with E-state index in [0.717, 1.165) is 23.1 Å². The van der Waals surface area contributed by atoms with Gasteiger partial charge in [-0.2, -0.15) is 23.4 Å². The summed E-state index contributed by atoms with van der Waals surface area (Å²) in [5.74, 6) is -1.73. The first-order valence-electron chi connectivity index (χ1n) is 9.27. The highest BCUT2D eigenvalue weighted by molar-refractivity contribution is 6.10. The maximum Gasteiger partial charge on any atom is 0.433 e. The average molecular weight is 460 g/mol. The first-order valence-corrected chi connectivity index (χ1v) is 9.27. The van der Waals surface area contributed by atoms with Crippen molar-refractivity contribution in [3.05, 3.63) is 59.7 Å². The number of amides is 1. The molecule has 13 heteroatoms. The minimum Gasteiger partial charge on any atom is -0.497 e. The van der Waals surface area contributed by atoms with Crippen molar-refractivity contribution in [2.75, 3.05) is 12.4 Å². The third-order valence-corrected chi connectivity index (χ3v) is 4.78. The van der Waals surface area contributed by atoms with Crippen LogP contribution in [0.3, 0.4) is 0 Å². The Balaban J connectivity index is 1.83. The second kappa shape index (κ2) is 7.93. The number of nitrogens with zero attached hydrogens (tertiary/aromatic N) is 5. The van der Waals surface area contributed by atoms with Crippen LogP contribution in [-0.4, -0.2) is 48.5 Å². The molecular formula is C20H15F3N6O4. The van der Waals surface area contributed by atoms with Gasteiger partial charge in [0.15, 0.2) is 17.0 Å². The molecular weight excluding hydrogens is 445 g/mol. The molecule has 170 valence electrons. The number of carboxylic acids is 1. The highest BCUT2D eigenvalue weighted by Crippen LogP contribution is 2.33. The lowest BCUT2D eigenvalue weighted by Crippen LogP contribution is -2.17. The van der Waals surface area contributed by atoms with Gasteiger partial charge in [-0.15, -0.1) is 0 Å². The van der Waals surface area contributed by atoms with Crippen molar-refractivity contribution in [2.45, 2.75) is 6.18 Å². The highest BCUT2D eigenvalue weighted by atomic mass is 19.4. The van der Waals surface area contributed by atoms with Crippen molar-refractivity contribution in [3.63, 3.8) is 0 Å². The predicted octanol–water partition coefficient (Wildman–Crippen LogP) is 3.11. The number of aromatic nitrogens is 5. The summed E-state index contributed by atoms with van der Waals surface area (Å²) >= 11 is 0. The van der Waals surface area contributed by atoms with Crippen LogP contribution in [0.25, 0.3) is 16.9 Å². The molecule has 3 heterocycles. The Morgan fingerprint density at radius 1 is 1.12 bits per heavy atom. The molecule has 33 heavy (non-hydrogen) atoms. The Morgan fingerprint density at radius 2 is 1.82 bits per heavy atom. The van der Waals surface area contributed by atoms with Gasteiger partial charge in [-0.05, 0) is 30.3 Å². The molecule has 3 aromatic heterocycles. The van der Waals surface area contributed by atoms with Gasteiger partial charge in [-0.25, -0.2) is 14.3 Å². The largest absolute Gasteiger partial charge is 0.497 e. The van der Waals surface area contributed by atoms with E-state index < -0.39 is 23.7 Å². The van der Waals surface area contributed by atoms with E-state index in [-0.39, 0.29) is 28.3 Å². The van der Waals surface area contributed by atoms with Gasteiger partial charge in [0, 0.05) is 12.6 Å². The summed E-state index contributed by atoms with van der Waals surface area (Å²) in [4.78, 5) is 28.5. The number of alkyl halides is 3. The first kappa shape index (κ1) is 21.8. The SMILES string of the molecule is COc1ccc(-c2cc(C(F)(F)F)n3ncc(C(=O)Nc4cnn(C)c4C(=O)O)c3n2)cc1. The average Bonchev–Trinajstić information content (AvgIpc) is 3.35. The normalized spacial score (nSPS) is 11.5. The van der Waals surface area contributed by atoms with Gasteiger partial charge in [0.1, 0.15) is 11.3 Å². The van der Waals surface area contributed by atoms with Crippen molar-refractivity contribution in [2.24, 2.45) is 7.05 Å². The smallest absolute Gasteiger partial charge is 0.433 e. The quantitative estimate of drug-likeness (QED) is 0.469. The van der Waals surface area contributed by atoms with Crippen LogP contribution >= 0.6 is 0 Å². The summed E-state index contributed by atoms with van der Waals surface area (Å²) in [7, 11) is 2.82. The van der Waals surface area contributed by atoms with E-state index in [2.05, 4.69) is 20.5 Å². The molecule has 0 aliphatic carbocycles. The fourth-order valence-corrected chi connectivity index (χ4v) is 3.21. The van der Waals surface area contributed by atoms with Crippen LogP contribution in [0.15, 0.2) is 42.7 Å². The van der Waals surface area contributed by atoms with E-state index >= 15 is 0 Å². The number of aryl methyl sites for hydroxylation is 1. The molecule has 10 nitrogen and oxygen atoms in total. The summed E-state index contributed by atoms with van der Waals surface area (Å²) in [5, 5.41) is 19.1. The summed E-state index contributed by atoms with van der Waals surface area (Å²) in [6.07, 6.45) is -2.74. The number of rotatable bonds is 5. The number of hydrogen-bond donors (Lipinski definition) is 2. The minimum atomic E-state index is -4.79. The van der Waals surface area contributed by atoms with E-state index in [1.54, 1.807) is 12.1 Å². The van der Waals surface area contributed by atoms with Crippen LogP contribution in [0.2, 0.25) is 0 Å². The molecule has 0 atom stereocenters. The first-order chi connectivity index (χ1) is 15.6. The number of nitrogens with one attached hydrogen (secondary N) is 1. The zero-order valence-electron chi connectivity index (χ0n) is 17.1. The number of halogens is 3. The number of fused-ring (bicyclic) bond motifs is 1. The molecule has 2 N–H and O–H groups in total. The van der Waals surface area contributed by atoms with Crippen LogP contribution in [0.1, 0.15) is 26.5 Å². The molecule has 1 aromatic carbocycles. The van der Waals surface area contributed by atoms with E-state index in [1.807, 2.05) is 0 Å². The number of anilines is 1. The van der Waals surface area contributed by atoms with Crippen molar-refractivity contribution >= 4 is 23.2 Å². The second-order valence-electron chi connectivity index (χ2n) is 6.84. The molecule has 0 unspecified atom stereocenters. The van der Waals surface area contributed by atoms with Crippen LogP contribution in [0.4, 0.5) is 18.9 Å². The number of carbonyl (C=O) groups excluding carboxylic acids is 1. The Bertz CT molecular complexity index is 1380. The summed E-state index contributed by atoms with van der Waals surface area (Å²) in [6, 6.07) is 7.02. The molecule has 0 radical (unpaired) electrons. The molecule has 0 saturated carbocycles. The summed E-state index contributed by atoms with van der Waals surface area (Å²) in [6.45, 7) is 0. The van der Waals surface area contributed by atoms with Crippen molar-refractivity contribution in [1.29, 1.82) is 0 Å². The van der Waals surface area contributed by atoms with Crippen molar-refractivity contribution in [1.82, 2.24) is 24.4 Å². The van der Waals surface area contributed by atoms with Gasteiger partial charge < -0.3 is 15.2 Å². The predicted molar refractivity (Wildman–Crippen MR) is 108 cm³/mol. The van der Waals surface area contributed by atoms with Gasteiger partial charge in [-0.1, -0.05) is 0 Å². The van der Waals surface area contributed by atoms with E-state index in [1.165, 1.54) is 26.3 Å². The lowest BCUT2D eigenvalue weighted by Gasteiger charge is -2.12. The maximum atomic E-state index is 13.7. The number of methoxy groups -OCH3 is 1. The van der Waals surface area contributed by atoms with Gasteiger partial charge in [0.25, 0.3) is 5.91 Å². The number of ether oxygens (including phenoxy) is 1. The molecule has 0 bridgehead atoms. The Kier molecular flexibility index (Phi) is 5.24. The molecule has 0 saturated heterocycles. The standard InChI is InChI=1S/C20H15F3N6O4/c1-28-16(19(31)32)14(9-24-28)27-18(30)12-8-25-29-15(20(21,22)23)7-13(26-17(12)29)10-3-5-11(33-2)6-4-10/h3-9H,1-2H3,(H,27,30)(H,31,32). The number of carboxylic acid groups (broad SMARTS) is 1. The molecule has 0 aliphatic rings. The molecule has 0 spiro atoms. The summed E-state index contributed by atoms with van der Waals surface area (Å²) < 4.78 is 47.9. The number of aromatic carboxylic acids is 1. The van der Waals surface area contributed by atoms with Crippen LogP contribution in [-0.2, 0) is 13.2 Å². The zero-order valence-corrected chi connectivity index (χ0v) is 17.1. The maximum absolute atomic E-state index is 13.7. The van der Waals surface area contributed by atoms with Crippen LogP contribution in [0, 0.1) is 0 Å². The molecule has 1 amide bonds. The minimum absolute atomic E-state index is 0.0420. The molecule has 4 aromatic rings. The van der Waals surface area contributed by atoms with E-state index in [9.17, 15) is 27.9 Å². The van der Waals surface area contributed by atoms with Gasteiger partial charge in [0.05, 0.1) is 30.9 Å². The Morgan fingerprint density at radius 3 is 2.42 bits per heavy atom. The molecule has 0 aliphatic heterocycles. The third-order valence-electron chi connectivity index (χ3n) is 4.78. The lowest BCUT2D eigenvalue weighted by atomic mass is 10.1. The number of hydrogen-bond acceptors (Lipinski definition) is 6. The zero-order chi connectivity index (χ0) is 23.9. The van der Waals surface area contributed by atoms with Gasteiger partial charge >= 0.3 is 12.1 Å². The van der Waals surface area contributed by atoms with Crippen LogP contribution in [0.5, 0.6) is 5.75 Å². The second-order valence-corrected chi connectivity index (χ2v) is 6.84. The Labute approximate surface area is 183 Å². The van der Waals surface area contributed by atoms with Crippen molar-refractivity contribution < 1.29 is 32.6 Å². The molecule has 0 fully saturated rings. The number of benzene rings is 1. The fourth-order valence-electron chi connectivity index (χ4n) is 3.21. The molecule has 4 rings (SSSR count). The van der Waals surface area contributed by atoms with Crippen LogP contribution < -0.4 is 10.1 Å². The Hall–Kier alpha value is -4.42. The number of carbonyl (C=O) groups is 2. The van der Waals surface area contributed by atoms with Crippen molar-refractivity contribution in [3.8, 4) is 17.0 Å². The monoisotopic (exact) mass is 460 g/mol. The third kappa shape index (κ3) is 3.95. The topological polar surface area (TPSA) is 124 Å². The van der Waals surface area contributed by atoms with E-state index in [4.69, 9.17) is 4.74 Å². The lowest BCUT2D eigenvalue weighted by molar-refractivity contribution is -0.142. The van der Waals surface area contributed by atoms with E-state index in [0.29, 0.717) is 15.8 Å². The fraction of sp³-hybridized carbons (Fsp3) is 0.150. The summed E-state index contributed by atoms with van der Waals surface area (Å²) in [5.41, 5.74) is -1.88. The van der Waals surface area contributed by atoms with Gasteiger partial charge in [-0.3, -0.25) is 9.48 Å². The van der Waals surface area contributed by atoms with Gasteiger partial charge in [0.2, 0.25) is 0 Å². The highest BCUT2D eigenvalue weighted by Gasteiger charge is 2.36.